The number of anilines is 1. The number of carbonyl (C=O) groups is 1. The minimum absolute atomic E-state index is 0.0526. The van der Waals surface area contributed by atoms with E-state index < -0.39 is 5.92 Å². The van der Waals surface area contributed by atoms with E-state index in [-0.39, 0.29) is 5.78 Å². The summed E-state index contributed by atoms with van der Waals surface area (Å²) in [6, 6.07) is 9.36. The molecule has 0 amide bonds. The third-order valence-corrected chi connectivity index (χ3v) is 7.82. The Morgan fingerprint density at radius 3 is 2.52 bits per heavy atom. The van der Waals surface area contributed by atoms with Crippen LogP contribution in [0.1, 0.15) is 34.9 Å². The Hall–Kier alpha value is -1.78. The standard InChI is InChI=1S/C21H16BrCl2N3OS/c1-10-15(22)8-18(29-10)19-14(9-25)21(26)27(13-6-11(23)5-12(24)7-13)16-3-2-4-17(28)20(16)19/h5-8,19H,2-4,26H2,1H3. The van der Waals surface area contributed by atoms with E-state index in [2.05, 4.69) is 22.0 Å². The SMILES string of the molecule is Cc1sc(C2C(C#N)=C(N)N(c3cc(Cl)cc(Cl)c3)C3=C2C(=O)CCC3)cc1Br. The number of benzene rings is 1. The number of hydrogen-bond donors (Lipinski definition) is 1. The lowest BCUT2D eigenvalue weighted by molar-refractivity contribution is -0.116. The summed E-state index contributed by atoms with van der Waals surface area (Å²) in [6.45, 7) is 2.00. The van der Waals surface area contributed by atoms with Gasteiger partial charge < -0.3 is 5.73 Å². The van der Waals surface area contributed by atoms with Gasteiger partial charge in [0.15, 0.2) is 5.78 Å². The summed E-state index contributed by atoms with van der Waals surface area (Å²) in [7, 11) is 0. The average molecular weight is 509 g/mol. The molecular formula is C21H16BrCl2N3OS. The van der Waals surface area contributed by atoms with E-state index in [1.807, 2.05) is 13.0 Å². The summed E-state index contributed by atoms with van der Waals surface area (Å²) in [5.74, 6) is -0.0908. The zero-order valence-corrected chi connectivity index (χ0v) is 19.3. The van der Waals surface area contributed by atoms with Crippen molar-refractivity contribution in [3.8, 4) is 6.07 Å². The molecule has 8 heteroatoms. The van der Waals surface area contributed by atoms with Crippen molar-refractivity contribution in [2.24, 2.45) is 5.73 Å². The van der Waals surface area contributed by atoms with Crippen LogP contribution in [0.4, 0.5) is 5.69 Å². The lowest BCUT2D eigenvalue weighted by atomic mass is 9.78. The van der Waals surface area contributed by atoms with Gasteiger partial charge in [0.1, 0.15) is 5.82 Å². The fraction of sp³-hybridized carbons (Fsp3) is 0.238. The molecule has 0 spiro atoms. The van der Waals surface area contributed by atoms with E-state index in [4.69, 9.17) is 28.9 Å². The minimum Gasteiger partial charge on any atom is -0.384 e. The molecule has 0 bridgehead atoms. The van der Waals surface area contributed by atoms with Crippen LogP contribution in [0.25, 0.3) is 0 Å². The molecule has 0 saturated heterocycles. The predicted octanol–water partition coefficient (Wildman–Crippen LogP) is 6.43. The summed E-state index contributed by atoms with van der Waals surface area (Å²) in [4.78, 5) is 16.9. The average Bonchev–Trinajstić information content (AvgIpc) is 2.98. The largest absolute Gasteiger partial charge is 0.384 e. The van der Waals surface area contributed by atoms with E-state index >= 15 is 0 Å². The molecule has 0 fully saturated rings. The first-order chi connectivity index (χ1) is 13.8. The van der Waals surface area contributed by atoms with Crippen LogP contribution in [0.2, 0.25) is 10.0 Å². The molecule has 2 aliphatic rings. The molecule has 4 rings (SSSR count). The van der Waals surface area contributed by atoms with Crippen LogP contribution in [-0.4, -0.2) is 5.78 Å². The van der Waals surface area contributed by atoms with Crippen molar-refractivity contribution >= 4 is 61.9 Å². The minimum atomic E-state index is -0.455. The number of rotatable bonds is 2. The van der Waals surface area contributed by atoms with Crippen molar-refractivity contribution < 1.29 is 4.79 Å². The maximum atomic E-state index is 13.1. The van der Waals surface area contributed by atoms with E-state index in [9.17, 15) is 10.1 Å². The van der Waals surface area contributed by atoms with Crippen LogP contribution in [0.15, 0.2) is 51.4 Å². The normalized spacial score (nSPS) is 19.5. The molecule has 1 unspecified atom stereocenters. The number of nitrogens with zero attached hydrogens (tertiary/aromatic N) is 2. The van der Waals surface area contributed by atoms with Gasteiger partial charge >= 0.3 is 0 Å². The van der Waals surface area contributed by atoms with Crippen LogP contribution in [-0.2, 0) is 4.79 Å². The smallest absolute Gasteiger partial charge is 0.161 e. The highest BCUT2D eigenvalue weighted by Gasteiger charge is 2.41. The Morgan fingerprint density at radius 2 is 1.93 bits per heavy atom. The van der Waals surface area contributed by atoms with Crippen LogP contribution in [0.3, 0.4) is 0 Å². The maximum Gasteiger partial charge on any atom is 0.161 e. The highest BCUT2D eigenvalue weighted by atomic mass is 79.9. The van der Waals surface area contributed by atoms with Crippen LogP contribution >= 0.6 is 50.5 Å². The molecule has 1 atom stereocenters. The van der Waals surface area contributed by atoms with Gasteiger partial charge in [-0.1, -0.05) is 23.2 Å². The van der Waals surface area contributed by atoms with Crippen molar-refractivity contribution in [3.05, 3.63) is 71.2 Å². The summed E-state index contributed by atoms with van der Waals surface area (Å²) in [6.07, 6.45) is 1.88. The maximum absolute atomic E-state index is 13.1. The number of halogens is 3. The molecule has 1 aromatic carbocycles. The van der Waals surface area contributed by atoms with Gasteiger partial charge in [0.05, 0.1) is 23.2 Å². The second-order valence-corrected chi connectivity index (χ2v) is 10.0. The molecule has 1 aromatic heterocycles. The van der Waals surface area contributed by atoms with Gasteiger partial charge in [0.25, 0.3) is 0 Å². The zero-order valence-electron chi connectivity index (χ0n) is 15.4. The van der Waals surface area contributed by atoms with Crippen molar-refractivity contribution in [3.63, 3.8) is 0 Å². The molecule has 2 heterocycles. The number of ketones is 1. The topological polar surface area (TPSA) is 70.1 Å². The van der Waals surface area contributed by atoms with Gasteiger partial charge in [-0.3, -0.25) is 9.69 Å². The first-order valence-electron chi connectivity index (χ1n) is 8.99. The molecule has 1 aliphatic carbocycles. The number of nitriles is 1. The third kappa shape index (κ3) is 3.51. The lowest BCUT2D eigenvalue weighted by Crippen LogP contribution is -2.38. The number of thiophene rings is 1. The van der Waals surface area contributed by atoms with Gasteiger partial charge in [-0.2, -0.15) is 5.26 Å². The van der Waals surface area contributed by atoms with E-state index in [1.54, 1.807) is 34.4 Å². The van der Waals surface area contributed by atoms with Gasteiger partial charge in [0, 0.05) is 42.0 Å². The first kappa shape index (κ1) is 20.5. The highest BCUT2D eigenvalue weighted by Crippen LogP contribution is 2.49. The summed E-state index contributed by atoms with van der Waals surface area (Å²) in [5.41, 5.74) is 9.02. The number of hydrogen-bond acceptors (Lipinski definition) is 5. The Kier molecular flexibility index (Phi) is 5.52. The van der Waals surface area contributed by atoms with E-state index in [0.717, 1.165) is 26.3 Å². The van der Waals surface area contributed by atoms with E-state index in [1.165, 1.54) is 0 Å². The Bertz CT molecular complexity index is 1110. The molecule has 1 aliphatic heterocycles. The Labute approximate surface area is 191 Å². The number of aryl methyl sites for hydroxylation is 1. The van der Waals surface area contributed by atoms with Crippen LogP contribution < -0.4 is 10.6 Å². The first-order valence-corrected chi connectivity index (χ1v) is 11.4. The predicted molar refractivity (Wildman–Crippen MR) is 121 cm³/mol. The molecule has 2 aromatic rings. The molecular weight excluding hydrogens is 493 g/mol. The second kappa shape index (κ2) is 7.81. The molecule has 0 radical (unpaired) electrons. The third-order valence-electron chi connectivity index (χ3n) is 5.18. The monoisotopic (exact) mass is 507 g/mol. The van der Waals surface area contributed by atoms with E-state index in [0.29, 0.717) is 45.5 Å². The van der Waals surface area contributed by atoms with Crippen LogP contribution in [0.5, 0.6) is 0 Å². The van der Waals surface area contributed by atoms with Gasteiger partial charge in [-0.15, -0.1) is 11.3 Å². The fourth-order valence-electron chi connectivity index (χ4n) is 3.96. The molecule has 148 valence electrons. The second-order valence-electron chi connectivity index (χ2n) is 7.00. The van der Waals surface area contributed by atoms with Crippen molar-refractivity contribution in [1.82, 2.24) is 0 Å². The quantitative estimate of drug-likeness (QED) is 0.507. The molecule has 2 N–H and O–H groups in total. The highest BCUT2D eigenvalue weighted by molar-refractivity contribution is 9.10. The lowest BCUT2D eigenvalue weighted by Gasteiger charge is -2.39. The number of allylic oxidation sites excluding steroid dienone is 3. The van der Waals surface area contributed by atoms with Gasteiger partial charge in [-0.05, 0) is 60.0 Å². The van der Waals surface area contributed by atoms with Crippen molar-refractivity contribution in [2.75, 3.05) is 4.90 Å². The number of Topliss-reactive ketones (excluding diaryl/α,β-unsaturated/α-hetero) is 1. The number of carbonyl (C=O) groups excluding carboxylic acids is 1. The Morgan fingerprint density at radius 1 is 1.24 bits per heavy atom. The fourth-order valence-corrected chi connectivity index (χ4v) is 6.15. The summed E-state index contributed by atoms with van der Waals surface area (Å²) in [5, 5.41) is 10.9. The molecule has 29 heavy (non-hydrogen) atoms. The zero-order chi connectivity index (χ0) is 20.9. The van der Waals surface area contributed by atoms with Gasteiger partial charge in [0.2, 0.25) is 0 Å². The van der Waals surface area contributed by atoms with Crippen molar-refractivity contribution in [2.45, 2.75) is 32.1 Å². The Balaban J connectivity index is 1.99. The van der Waals surface area contributed by atoms with Gasteiger partial charge in [-0.25, -0.2) is 0 Å². The van der Waals surface area contributed by atoms with Crippen LogP contribution in [0, 0.1) is 18.3 Å². The summed E-state index contributed by atoms with van der Waals surface area (Å²) >= 11 is 17.5. The molecule has 0 saturated carbocycles. The number of nitrogens with two attached hydrogens (primary N) is 1. The summed E-state index contributed by atoms with van der Waals surface area (Å²) < 4.78 is 0.961. The molecule has 4 nitrogen and oxygen atoms in total. The van der Waals surface area contributed by atoms with Crippen molar-refractivity contribution in [1.29, 1.82) is 5.26 Å².